The van der Waals surface area contributed by atoms with Gasteiger partial charge in [0.15, 0.2) is 6.29 Å². The molecule has 2 aromatic carbocycles. The average molecular weight is 257 g/mol. The van der Waals surface area contributed by atoms with E-state index < -0.39 is 11.7 Å². The van der Waals surface area contributed by atoms with Crippen molar-refractivity contribution in [1.82, 2.24) is 0 Å². The van der Waals surface area contributed by atoms with Gasteiger partial charge in [-0.3, -0.25) is 9.59 Å². The molecule has 2 rings (SSSR count). The molecule has 0 heterocycles. The van der Waals surface area contributed by atoms with E-state index in [1.807, 2.05) is 0 Å². The van der Waals surface area contributed by atoms with E-state index in [0.717, 1.165) is 0 Å². The van der Waals surface area contributed by atoms with E-state index in [-0.39, 0.29) is 5.56 Å². The summed E-state index contributed by atoms with van der Waals surface area (Å²) < 4.78 is 13.6. The van der Waals surface area contributed by atoms with Crippen LogP contribution >= 0.6 is 0 Å². The van der Waals surface area contributed by atoms with Crippen LogP contribution in [0.1, 0.15) is 26.3 Å². The molecule has 2 aromatic rings. The van der Waals surface area contributed by atoms with E-state index in [4.69, 9.17) is 5.73 Å². The minimum atomic E-state index is -0.587. The topological polar surface area (TPSA) is 60.2 Å². The highest BCUT2D eigenvalue weighted by atomic mass is 19.1. The van der Waals surface area contributed by atoms with Crippen molar-refractivity contribution in [1.29, 1.82) is 0 Å². The van der Waals surface area contributed by atoms with Gasteiger partial charge in [-0.2, -0.15) is 0 Å². The molecule has 4 heteroatoms. The highest BCUT2D eigenvalue weighted by Crippen LogP contribution is 2.26. The minimum absolute atomic E-state index is 0.00691. The van der Waals surface area contributed by atoms with Gasteiger partial charge in [0, 0.05) is 5.56 Å². The lowest BCUT2D eigenvalue weighted by Gasteiger charge is -2.10. The number of carbonyl (C=O) groups is 2. The van der Waals surface area contributed by atoms with E-state index in [0.29, 0.717) is 28.5 Å². The Morgan fingerprint density at radius 2 is 2.00 bits per heavy atom. The maximum absolute atomic E-state index is 13.6. The third-order valence-electron chi connectivity index (χ3n) is 3.04. The predicted octanol–water partition coefficient (Wildman–Crippen LogP) is 2.71. The van der Waals surface area contributed by atoms with Crippen molar-refractivity contribution in [3.05, 3.63) is 58.9 Å². The zero-order valence-electron chi connectivity index (χ0n) is 10.3. The quantitative estimate of drug-likeness (QED) is 0.859. The first-order valence-corrected chi connectivity index (χ1v) is 5.69. The number of primary amides is 1. The van der Waals surface area contributed by atoms with Gasteiger partial charge in [-0.1, -0.05) is 18.2 Å². The van der Waals surface area contributed by atoms with Crippen LogP contribution in [0.5, 0.6) is 0 Å². The second-order valence-corrected chi connectivity index (χ2v) is 4.20. The summed E-state index contributed by atoms with van der Waals surface area (Å²) in [4.78, 5) is 21.9. The second kappa shape index (κ2) is 5.02. The van der Waals surface area contributed by atoms with E-state index in [9.17, 15) is 14.0 Å². The number of halogens is 1. The Labute approximate surface area is 109 Å². The second-order valence-electron chi connectivity index (χ2n) is 4.20. The van der Waals surface area contributed by atoms with E-state index in [2.05, 4.69) is 0 Å². The van der Waals surface area contributed by atoms with E-state index >= 15 is 0 Å². The molecular weight excluding hydrogens is 245 g/mol. The van der Waals surface area contributed by atoms with E-state index in [1.165, 1.54) is 12.1 Å². The van der Waals surface area contributed by atoms with Crippen LogP contribution < -0.4 is 5.73 Å². The molecule has 0 aliphatic rings. The lowest BCUT2D eigenvalue weighted by atomic mass is 9.95. The standard InChI is InChI=1S/C15H12FNO2/c1-9-12(3-2-4-13(9)15(17)19)10-5-6-11(8-18)14(16)7-10/h2-8H,1H3,(H2,17,19). The fourth-order valence-electron chi connectivity index (χ4n) is 2.01. The predicted molar refractivity (Wildman–Crippen MR) is 70.5 cm³/mol. The summed E-state index contributed by atoms with van der Waals surface area (Å²) in [5.74, 6) is -1.11. The van der Waals surface area contributed by atoms with Crippen molar-refractivity contribution in [3.8, 4) is 11.1 Å². The van der Waals surface area contributed by atoms with Gasteiger partial charge in [0.2, 0.25) is 5.91 Å². The average Bonchev–Trinajstić information content (AvgIpc) is 2.38. The molecule has 0 spiro atoms. The molecule has 0 atom stereocenters. The molecule has 0 aliphatic carbocycles. The molecular formula is C15H12FNO2. The van der Waals surface area contributed by atoms with Crippen LogP contribution in [0, 0.1) is 12.7 Å². The lowest BCUT2D eigenvalue weighted by Crippen LogP contribution is -2.12. The van der Waals surface area contributed by atoms with Gasteiger partial charge in [-0.25, -0.2) is 4.39 Å². The van der Waals surface area contributed by atoms with Gasteiger partial charge < -0.3 is 5.73 Å². The first-order chi connectivity index (χ1) is 9.04. The Morgan fingerprint density at radius 3 is 2.58 bits per heavy atom. The summed E-state index contributed by atoms with van der Waals surface area (Å²) in [6.07, 6.45) is 0.464. The molecule has 2 N–H and O–H groups in total. The SMILES string of the molecule is Cc1c(C(N)=O)cccc1-c1ccc(C=O)c(F)c1. The van der Waals surface area contributed by atoms with Gasteiger partial charge in [-0.15, -0.1) is 0 Å². The molecule has 19 heavy (non-hydrogen) atoms. The zero-order chi connectivity index (χ0) is 14.0. The number of carbonyl (C=O) groups excluding carboxylic acids is 2. The zero-order valence-corrected chi connectivity index (χ0v) is 10.3. The number of hydrogen-bond acceptors (Lipinski definition) is 2. The molecule has 0 bridgehead atoms. The van der Waals surface area contributed by atoms with Crippen LogP contribution in [-0.4, -0.2) is 12.2 Å². The lowest BCUT2D eigenvalue weighted by molar-refractivity contribution is 0.0999. The summed E-state index contributed by atoms with van der Waals surface area (Å²) in [6.45, 7) is 1.75. The Balaban J connectivity index is 2.59. The molecule has 3 nitrogen and oxygen atoms in total. The van der Waals surface area contributed by atoms with Gasteiger partial charge in [0.25, 0.3) is 0 Å². The maximum Gasteiger partial charge on any atom is 0.248 e. The summed E-state index contributed by atoms with van der Waals surface area (Å²) in [7, 11) is 0. The van der Waals surface area contributed by atoms with Gasteiger partial charge in [0.05, 0.1) is 5.56 Å². The third kappa shape index (κ3) is 2.38. The number of hydrogen-bond donors (Lipinski definition) is 1. The normalized spacial score (nSPS) is 10.2. The first-order valence-electron chi connectivity index (χ1n) is 5.69. The van der Waals surface area contributed by atoms with Gasteiger partial charge >= 0.3 is 0 Å². The number of aldehydes is 1. The minimum Gasteiger partial charge on any atom is -0.366 e. The third-order valence-corrected chi connectivity index (χ3v) is 3.04. The fourth-order valence-corrected chi connectivity index (χ4v) is 2.01. The summed E-state index contributed by atoms with van der Waals surface area (Å²) in [5, 5.41) is 0. The number of amides is 1. The van der Waals surface area contributed by atoms with Crippen molar-refractivity contribution in [2.75, 3.05) is 0 Å². The summed E-state index contributed by atoms with van der Waals surface area (Å²) >= 11 is 0. The first kappa shape index (κ1) is 13.0. The largest absolute Gasteiger partial charge is 0.366 e. The van der Waals surface area contributed by atoms with Gasteiger partial charge in [-0.05, 0) is 41.8 Å². The molecule has 96 valence electrons. The van der Waals surface area contributed by atoms with Crippen LogP contribution in [0.2, 0.25) is 0 Å². The smallest absolute Gasteiger partial charge is 0.248 e. The van der Waals surface area contributed by atoms with Crippen molar-refractivity contribution >= 4 is 12.2 Å². The number of nitrogens with two attached hydrogens (primary N) is 1. The molecule has 0 aliphatic heterocycles. The number of rotatable bonds is 3. The fraction of sp³-hybridized carbons (Fsp3) is 0.0667. The van der Waals surface area contributed by atoms with Crippen LogP contribution in [0.3, 0.4) is 0 Å². The van der Waals surface area contributed by atoms with Crippen LogP contribution in [0.4, 0.5) is 4.39 Å². The van der Waals surface area contributed by atoms with Crippen molar-refractivity contribution < 1.29 is 14.0 Å². The van der Waals surface area contributed by atoms with Crippen LogP contribution in [-0.2, 0) is 0 Å². The number of benzene rings is 2. The van der Waals surface area contributed by atoms with Crippen molar-refractivity contribution in [2.45, 2.75) is 6.92 Å². The molecule has 0 aromatic heterocycles. The highest BCUT2D eigenvalue weighted by Gasteiger charge is 2.11. The Morgan fingerprint density at radius 1 is 1.26 bits per heavy atom. The van der Waals surface area contributed by atoms with Crippen LogP contribution in [0.15, 0.2) is 36.4 Å². The Hall–Kier alpha value is -2.49. The summed E-state index contributed by atoms with van der Waals surface area (Å²) in [6, 6.07) is 9.41. The van der Waals surface area contributed by atoms with E-state index in [1.54, 1.807) is 31.2 Å². The maximum atomic E-state index is 13.6. The van der Waals surface area contributed by atoms with Crippen molar-refractivity contribution in [2.24, 2.45) is 5.73 Å². The monoisotopic (exact) mass is 257 g/mol. The highest BCUT2D eigenvalue weighted by molar-refractivity contribution is 5.96. The molecule has 0 fully saturated rings. The molecule has 0 radical (unpaired) electrons. The van der Waals surface area contributed by atoms with Crippen LogP contribution in [0.25, 0.3) is 11.1 Å². The molecule has 0 saturated carbocycles. The molecule has 0 saturated heterocycles. The summed E-state index contributed by atoms with van der Waals surface area (Å²) in [5.41, 5.74) is 7.69. The molecule has 1 amide bonds. The van der Waals surface area contributed by atoms with Crippen molar-refractivity contribution in [3.63, 3.8) is 0 Å². The van der Waals surface area contributed by atoms with Gasteiger partial charge in [0.1, 0.15) is 5.82 Å². The Bertz CT molecular complexity index is 665. The Kier molecular flexibility index (Phi) is 3.42. The molecule has 0 unspecified atom stereocenters.